The summed E-state index contributed by atoms with van der Waals surface area (Å²) in [5.74, 6) is 0. The van der Waals surface area contributed by atoms with Gasteiger partial charge in [0, 0.05) is 28.7 Å². The van der Waals surface area contributed by atoms with E-state index in [-0.39, 0.29) is 0 Å². The zero-order valence-electron chi connectivity index (χ0n) is 20.6. The molecule has 0 aliphatic carbocycles. The number of rotatable bonds is 3. The molecule has 0 aliphatic heterocycles. The quantitative estimate of drug-likeness (QED) is 0.265. The number of fused-ring (bicyclic) bond motifs is 3. The average molecular weight is 464 g/mol. The number of aromatic nitrogens is 2. The summed E-state index contributed by atoms with van der Waals surface area (Å²) in [4.78, 5) is 4.14. The lowest BCUT2D eigenvalue weighted by molar-refractivity contribution is 1.15. The molecule has 0 saturated carbocycles. The molecular formula is C33H25N3. The van der Waals surface area contributed by atoms with E-state index in [2.05, 4.69) is 103 Å². The van der Waals surface area contributed by atoms with Crippen LogP contribution in [0.1, 0.15) is 22.3 Å². The van der Waals surface area contributed by atoms with Crippen LogP contribution < -0.4 is 0 Å². The number of aryl methyl sites for hydroxylation is 3. The van der Waals surface area contributed by atoms with E-state index in [0.717, 1.165) is 33.4 Å². The van der Waals surface area contributed by atoms with Crippen LogP contribution in [0.4, 0.5) is 0 Å². The van der Waals surface area contributed by atoms with Crippen molar-refractivity contribution in [1.29, 1.82) is 5.26 Å². The maximum absolute atomic E-state index is 10.1. The van der Waals surface area contributed by atoms with Crippen molar-refractivity contribution in [3.63, 3.8) is 0 Å². The van der Waals surface area contributed by atoms with Gasteiger partial charge in [-0.15, -0.1) is 0 Å². The van der Waals surface area contributed by atoms with Crippen LogP contribution >= 0.6 is 0 Å². The summed E-state index contributed by atoms with van der Waals surface area (Å²) in [5, 5.41) is 12.6. The monoisotopic (exact) mass is 463 g/mol. The van der Waals surface area contributed by atoms with Crippen LogP contribution in [0.5, 0.6) is 0 Å². The van der Waals surface area contributed by atoms with Gasteiger partial charge in [-0.1, -0.05) is 60.2 Å². The van der Waals surface area contributed by atoms with Gasteiger partial charge < -0.3 is 4.57 Å². The summed E-state index contributed by atoms with van der Waals surface area (Å²) < 4.78 is 2.34. The molecule has 0 spiro atoms. The van der Waals surface area contributed by atoms with Gasteiger partial charge in [0.25, 0.3) is 0 Å². The molecule has 3 nitrogen and oxygen atoms in total. The molecule has 2 heterocycles. The number of para-hydroxylation sites is 2. The fourth-order valence-electron chi connectivity index (χ4n) is 5.40. The Bertz CT molecular complexity index is 1820. The van der Waals surface area contributed by atoms with Crippen molar-refractivity contribution in [2.45, 2.75) is 20.8 Å². The lowest BCUT2D eigenvalue weighted by atomic mass is 9.96. The second kappa shape index (κ2) is 8.52. The first-order chi connectivity index (χ1) is 17.6. The highest BCUT2D eigenvalue weighted by atomic mass is 15.0. The fraction of sp³-hybridized carbons (Fsp3) is 0.0909. The van der Waals surface area contributed by atoms with Crippen LogP contribution in [0.25, 0.3) is 49.7 Å². The van der Waals surface area contributed by atoms with Gasteiger partial charge in [-0.2, -0.15) is 5.26 Å². The molecule has 0 unspecified atom stereocenters. The highest BCUT2D eigenvalue weighted by Crippen LogP contribution is 2.40. The maximum atomic E-state index is 10.1. The number of nitriles is 1. The molecule has 0 bridgehead atoms. The summed E-state index contributed by atoms with van der Waals surface area (Å²) in [7, 11) is 0. The number of nitrogens with zero attached hydrogens (tertiary/aromatic N) is 3. The predicted molar refractivity (Wildman–Crippen MR) is 148 cm³/mol. The molecule has 0 fully saturated rings. The van der Waals surface area contributed by atoms with E-state index < -0.39 is 0 Å². The van der Waals surface area contributed by atoms with E-state index in [1.807, 2.05) is 18.2 Å². The Morgan fingerprint density at radius 2 is 1.47 bits per heavy atom. The van der Waals surface area contributed by atoms with E-state index in [4.69, 9.17) is 0 Å². The minimum Gasteiger partial charge on any atom is -0.308 e. The Balaban J connectivity index is 1.72. The standard InChI is InChI=1S/C33H25N3/c1-21-11-12-26(22(2)17-21)28-8-6-9-29-27-7-4-5-10-31(27)36(33(28)29)32-19-25(20-34)30(18-23(32)3)24-13-15-35-16-14-24/h4-19H,1-3H3. The zero-order chi connectivity index (χ0) is 24.8. The third kappa shape index (κ3) is 3.39. The molecule has 172 valence electrons. The van der Waals surface area contributed by atoms with E-state index in [9.17, 15) is 5.26 Å². The van der Waals surface area contributed by atoms with Gasteiger partial charge >= 0.3 is 0 Å². The summed E-state index contributed by atoms with van der Waals surface area (Å²) in [6.45, 7) is 6.43. The summed E-state index contributed by atoms with van der Waals surface area (Å²) in [5.41, 5.74) is 11.9. The molecule has 0 radical (unpaired) electrons. The SMILES string of the molecule is Cc1ccc(-c2cccc3c4ccccc4n(-c4cc(C#N)c(-c5ccncc5)cc4C)c23)c(C)c1. The fourth-order valence-corrected chi connectivity index (χ4v) is 5.40. The first-order valence-corrected chi connectivity index (χ1v) is 12.1. The molecule has 6 aromatic rings. The van der Waals surface area contributed by atoms with Gasteiger partial charge in [-0.3, -0.25) is 4.98 Å². The molecule has 2 aromatic heterocycles. The number of hydrogen-bond donors (Lipinski definition) is 0. The Hall–Kier alpha value is -4.68. The Morgan fingerprint density at radius 3 is 2.25 bits per heavy atom. The Morgan fingerprint density at radius 1 is 0.694 bits per heavy atom. The van der Waals surface area contributed by atoms with Crippen LogP contribution in [0, 0.1) is 32.1 Å². The molecule has 3 heteroatoms. The van der Waals surface area contributed by atoms with Crippen molar-refractivity contribution in [2.75, 3.05) is 0 Å². The zero-order valence-corrected chi connectivity index (χ0v) is 20.6. The second-order valence-electron chi connectivity index (χ2n) is 9.40. The van der Waals surface area contributed by atoms with Crippen LogP contribution in [-0.2, 0) is 0 Å². The summed E-state index contributed by atoms with van der Waals surface area (Å²) in [6.07, 6.45) is 3.53. The van der Waals surface area contributed by atoms with Gasteiger partial charge in [0.1, 0.15) is 0 Å². The first-order valence-electron chi connectivity index (χ1n) is 12.1. The smallest absolute Gasteiger partial charge is 0.0998 e. The summed E-state index contributed by atoms with van der Waals surface area (Å²) >= 11 is 0. The van der Waals surface area contributed by atoms with E-state index in [1.165, 1.54) is 33.0 Å². The lowest BCUT2D eigenvalue weighted by Crippen LogP contribution is -2.01. The van der Waals surface area contributed by atoms with Gasteiger partial charge in [-0.05, 0) is 78.9 Å². The highest BCUT2D eigenvalue weighted by Gasteiger charge is 2.19. The molecule has 36 heavy (non-hydrogen) atoms. The third-order valence-electron chi connectivity index (χ3n) is 7.06. The second-order valence-corrected chi connectivity index (χ2v) is 9.40. The topological polar surface area (TPSA) is 41.6 Å². The van der Waals surface area contributed by atoms with Gasteiger partial charge in [-0.25, -0.2) is 0 Å². The molecule has 0 aliphatic rings. The van der Waals surface area contributed by atoms with Gasteiger partial charge in [0.2, 0.25) is 0 Å². The number of hydrogen-bond acceptors (Lipinski definition) is 2. The average Bonchev–Trinajstić information content (AvgIpc) is 3.24. The molecule has 6 rings (SSSR count). The maximum Gasteiger partial charge on any atom is 0.0998 e. The van der Waals surface area contributed by atoms with Crippen molar-refractivity contribution in [1.82, 2.24) is 9.55 Å². The molecule has 4 aromatic carbocycles. The Labute approximate surface area is 210 Å². The minimum atomic E-state index is 0.650. The van der Waals surface area contributed by atoms with Crippen molar-refractivity contribution in [3.05, 3.63) is 120 Å². The molecule has 0 N–H and O–H groups in total. The molecule has 0 saturated heterocycles. The van der Waals surface area contributed by atoms with E-state index in [1.54, 1.807) is 12.4 Å². The van der Waals surface area contributed by atoms with Crippen molar-refractivity contribution in [2.24, 2.45) is 0 Å². The van der Waals surface area contributed by atoms with E-state index >= 15 is 0 Å². The highest BCUT2D eigenvalue weighted by molar-refractivity contribution is 6.14. The summed E-state index contributed by atoms with van der Waals surface area (Å²) in [6, 6.07) is 32.3. The number of pyridine rings is 1. The van der Waals surface area contributed by atoms with Crippen LogP contribution in [0.2, 0.25) is 0 Å². The molecule has 0 amide bonds. The Kier molecular flexibility index (Phi) is 5.16. The van der Waals surface area contributed by atoms with Crippen LogP contribution in [0.15, 0.2) is 97.3 Å². The van der Waals surface area contributed by atoms with Crippen molar-refractivity contribution in [3.8, 4) is 34.0 Å². The first kappa shape index (κ1) is 21.8. The molecule has 0 atom stereocenters. The third-order valence-corrected chi connectivity index (χ3v) is 7.06. The molecular weight excluding hydrogens is 438 g/mol. The van der Waals surface area contributed by atoms with E-state index in [0.29, 0.717) is 5.56 Å². The minimum absolute atomic E-state index is 0.650. The van der Waals surface area contributed by atoms with Gasteiger partial charge in [0.15, 0.2) is 0 Å². The largest absolute Gasteiger partial charge is 0.308 e. The van der Waals surface area contributed by atoms with Crippen LogP contribution in [-0.4, -0.2) is 9.55 Å². The number of benzene rings is 4. The van der Waals surface area contributed by atoms with Crippen molar-refractivity contribution >= 4 is 21.8 Å². The lowest BCUT2D eigenvalue weighted by Gasteiger charge is -2.17. The van der Waals surface area contributed by atoms with Crippen molar-refractivity contribution < 1.29 is 0 Å². The normalized spacial score (nSPS) is 11.2. The van der Waals surface area contributed by atoms with Crippen LogP contribution in [0.3, 0.4) is 0 Å². The van der Waals surface area contributed by atoms with Gasteiger partial charge in [0.05, 0.1) is 28.4 Å². The predicted octanol–water partition coefficient (Wildman–Crippen LogP) is 8.31.